The lowest BCUT2D eigenvalue weighted by Crippen LogP contribution is -2.32. The molecule has 1 fully saturated rings. The van der Waals surface area contributed by atoms with E-state index in [4.69, 9.17) is 10.3 Å². The van der Waals surface area contributed by atoms with Crippen LogP contribution >= 0.6 is 0 Å². The van der Waals surface area contributed by atoms with E-state index in [1.54, 1.807) is 0 Å². The molecule has 0 spiro atoms. The zero-order chi connectivity index (χ0) is 9.97. The molecule has 0 aromatic carbocycles. The molecular weight excluding hydrogens is 178 g/mol. The minimum atomic E-state index is 0.330. The molecule has 0 amide bonds. The predicted molar refractivity (Wildman–Crippen MR) is 53.8 cm³/mol. The maximum absolute atomic E-state index is 5.49. The van der Waals surface area contributed by atoms with Crippen molar-refractivity contribution in [3.8, 4) is 0 Å². The molecular formula is C10H17N3O. The molecule has 4 nitrogen and oxygen atoms in total. The molecule has 1 aliphatic rings. The Labute approximate surface area is 83.8 Å². The fourth-order valence-electron chi connectivity index (χ4n) is 1.33. The number of rotatable bonds is 5. The van der Waals surface area contributed by atoms with E-state index in [0.29, 0.717) is 18.5 Å². The van der Waals surface area contributed by atoms with Crippen molar-refractivity contribution in [2.75, 3.05) is 6.54 Å². The van der Waals surface area contributed by atoms with E-state index in [2.05, 4.69) is 17.4 Å². The zero-order valence-corrected chi connectivity index (χ0v) is 8.49. The van der Waals surface area contributed by atoms with E-state index in [0.717, 1.165) is 18.0 Å². The minimum absolute atomic E-state index is 0.330. The molecule has 0 aliphatic heterocycles. The third-order valence-electron chi connectivity index (χ3n) is 2.54. The van der Waals surface area contributed by atoms with Crippen LogP contribution in [0, 0.1) is 0 Å². The minimum Gasteiger partial charge on any atom is -0.361 e. The van der Waals surface area contributed by atoms with Gasteiger partial charge in [0.15, 0.2) is 0 Å². The highest BCUT2D eigenvalue weighted by Gasteiger charge is 2.27. The standard InChI is InChI=1S/C10H17N3O/c1-7(5-11)12-6-9-4-10(14-13-9)8-2-3-8/h4,7-8,12H,2-3,5-6,11H2,1H3/t7-/m0/s1. The molecule has 1 aliphatic carbocycles. The molecule has 14 heavy (non-hydrogen) atoms. The topological polar surface area (TPSA) is 64.1 Å². The number of hydrogen-bond donors (Lipinski definition) is 2. The van der Waals surface area contributed by atoms with Crippen molar-refractivity contribution in [3.63, 3.8) is 0 Å². The van der Waals surface area contributed by atoms with Gasteiger partial charge < -0.3 is 15.6 Å². The van der Waals surface area contributed by atoms with Crippen molar-refractivity contribution in [3.05, 3.63) is 17.5 Å². The second kappa shape index (κ2) is 4.11. The van der Waals surface area contributed by atoms with Gasteiger partial charge in [-0.25, -0.2) is 0 Å². The van der Waals surface area contributed by atoms with Crippen LogP contribution in [0.25, 0.3) is 0 Å². The van der Waals surface area contributed by atoms with Crippen LogP contribution in [0.1, 0.15) is 37.1 Å². The summed E-state index contributed by atoms with van der Waals surface area (Å²) in [5.74, 6) is 1.69. The third-order valence-corrected chi connectivity index (χ3v) is 2.54. The summed E-state index contributed by atoms with van der Waals surface area (Å²) in [6.07, 6.45) is 2.50. The Hall–Kier alpha value is -0.870. The van der Waals surface area contributed by atoms with Crippen LogP contribution in [-0.4, -0.2) is 17.7 Å². The molecule has 1 saturated carbocycles. The summed E-state index contributed by atoms with van der Waals surface area (Å²) >= 11 is 0. The average molecular weight is 195 g/mol. The van der Waals surface area contributed by atoms with Crippen LogP contribution in [0.5, 0.6) is 0 Å². The van der Waals surface area contributed by atoms with Crippen molar-refractivity contribution in [2.24, 2.45) is 5.73 Å². The Balaban J connectivity index is 1.83. The summed E-state index contributed by atoms with van der Waals surface area (Å²) < 4.78 is 5.23. The van der Waals surface area contributed by atoms with Gasteiger partial charge in [0.05, 0.1) is 5.69 Å². The van der Waals surface area contributed by atoms with Gasteiger partial charge in [-0.05, 0) is 19.8 Å². The first-order valence-electron chi connectivity index (χ1n) is 5.18. The average Bonchev–Trinajstić information content (AvgIpc) is 2.95. The number of aromatic nitrogens is 1. The Bertz CT molecular complexity index is 293. The van der Waals surface area contributed by atoms with Crippen molar-refractivity contribution >= 4 is 0 Å². The first kappa shape index (κ1) is 9.68. The Morgan fingerprint density at radius 2 is 2.50 bits per heavy atom. The van der Waals surface area contributed by atoms with E-state index in [-0.39, 0.29) is 0 Å². The quantitative estimate of drug-likeness (QED) is 0.735. The van der Waals surface area contributed by atoms with Gasteiger partial charge >= 0.3 is 0 Å². The third kappa shape index (κ3) is 2.33. The van der Waals surface area contributed by atoms with Crippen molar-refractivity contribution < 1.29 is 4.52 Å². The highest BCUT2D eigenvalue weighted by Crippen LogP contribution is 2.40. The molecule has 1 atom stereocenters. The zero-order valence-electron chi connectivity index (χ0n) is 8.49. The fraction of sp³-hybridized carbons (Fsp3) is 0.700. The molecule has 78 valence electrons. The van der Waals surface area contributed by atoms with Gasteiger partial charge in [0.25, 0.3) is 0 Å². The lowest BCUT2D eigenvalue weighted by atomic mass is 10.2. The van der Waals surface area contributed by atoms with Gasteiger partial charge in [-0.3, -0.25) is 0 Å². The fourth-order valence-corrected chi connectivity index (χ4v) is 1.33. The summed E-state index contributed by atoms with van der Waals surface area (Å²) in [7, 11) is 0. The maximum atomic E-state index is 5.49. The van der Waals surface area contributed by atoms with E-state index in [1.165, 1.54) is 12.8 Å². The first-order valence-corrected chi connectivity index (χ1v) is 5.18. The van der Waals surface area contributed by atoms with E-state index < -0.39 is 0 Å². The molecule has 3 N–H and O–H groups in total. The summed E-state index contributed by atoms with van der Waals surface area (Å²) in [5.41, 5.74) is 6.47. The molecule has 1 aromatic heterocycles. The Morgan fingerprint density at radius 3 is 3.14 bits per heavy atom. The van der Waals surface area contributed by atoms with Gasteiger partial charge in [-0.2, -0.15) is 0 Å². The molecule has 0 saturated heterocycles. The van der Waals surface area contributed by atoms with Crippen LogP contribution < -0.4 is 11.1 Å². The van der Waals surface area contributed by atoms with E-state index in [1.807, 2.05) is 6.07 Å². The SMILES string of the molecule is C[C@@H](CN)NCc1cc(C2CC2)on1. The Morgan fingerprint density at radius 1 is 1.71 bits per heavy atom. The molecule has 2 rings (SSSR count). The molecule has 0 radical (unpaired) electrons. The molecule has 1 aromatic rings. The second-order valence-electron chi connectivity index (χ2n) is 4.01. The van der Waals surface area contributed by atoms with Gasteiger partial charge in [-0.15, -0.1) is 0 Å². The van der Waals surface area contributed by atoms with Crippen LogP contribution in [0.15, 0.2) is 10.6 Å². The van der Waals surface area contributed by atoms with Gasteiger partial charge in [-0.1, -0.05) is 5.16 Å². The summed E-state index contributed by atoms with van der Waals surface area (Å²) in [6, 6.07) is 2.38. The van der Waals surface area contributed by atoms with Crippen LogP contribution in [-0.2, 0) is 6.54 Å². The van der Waals surface area contributed by atoms with Crippen LogP contribution in [0.4, 0.5) is 0 Å². The lowest BCUT2D eigenvalue weighted by Gasteiger charge is -2.08. The lowest BCUT2D eigenvalue weighted by molar-refractivity contribution is 0.374. The van der Waals surface area contributed by atoms with Crippen LogP contribution in [0.3, 0.4) is 0 Å². The maximum Gasteiger partial charge on any atom is 0.140 e. The van der Waals surface area contributed by atoms with E-state index in [9.17, 15) is 0 Å². The van der Waals surface area contributed by atoms with Crippen molar-refractivity contribution in [1.82, 2.24) is 10.5 Å². The monoisotopic (exact) mass is 195 g/mol. The largest absolute Gasteiger partial charge is 0.361 e. The van der Waals surface area contributed by atoms with Crippen molar-refractivity contribution in [1.29, 1.82) is 0 Å². The number of nitrogens with two attached hydrogens (primary N) is 1. The molecule has 4 heteroatoms. The van der Waals surface area contributed by atoms with Crippen molar-refractivity contribution in [2.45, 2.75) is 38.3 Å². The second-order valence-corrected chi connectivity index (χ2v) is 4.01. The highest BCUT2D eigenvalue weighted by atomic mass is 16.5. The van der Waals surface area contributed by atoms with E-state index >= 15 is 0 Å². The highest BCUT2D eigenvalue weighted by molar-refractivity contribution is 5.14. The van der Waals surface area contributed by atoms with Crippen LogP contribution in [0.2, 0.25) is 0 Å². The summed E-state index contributed by atoms with van der Waals surface area (Å²) in [6.45, 7) is 3.45. The predicted octanol–water partition coefficient (Wildman–Crippen LogP) is 0.989. The first-order chi connectivity index (χ1) is 6.79. The van der Waals surface area contributed by atoms with Gasteiger partial charge in [0, 0.05) is 31.1 Å². The summed E-state index contributed by atoms with van der Waals surface area (Å²) in [4.78, 5) is 0. The normalized spacial score (nSPS) is 18.4. The molecule has 0 unspecified atom stereocenters. The van der Waals surface area contributed by atoms with Gasteiger partial charge in [0.2, 0.25) is 0 Å². The number of hydrogen-bond acceptors (Lipinski definition) is 4. The number of nitrogens with zero attached hydrogens (tertiary/aromatic N) is 1. The Kier molecular flexibility index (Phi) is 2.84. The smallest absolute Gasteiger partial charge is 0.140 e. The van der Waals surface area contributed by atoms with Gasteiger partial charge in [0.1, 0.15) is 5.76 Å². The number of nitrogens with one attached hydrogen (secondary N) is 1. The molecule has 0 bridgehead atoms. The molecule has 1 heterocycles. The summed E-state index contributed by atoms with van der Waals surface area (Å²) in [5, 5.41) is 7.28.